The number of carbonyl (C=O) groups excluding carboxylic acids is 1. The number of carbonyl (C=O) groups is 1. The lowest BCUT2D eigenvalue weighted by Crippen LogP contribution is -2.31. The van der Waals surface area contributed by atoms with E-state index in [1.165, 1.54) is 19.3 Å². The summed E-state index contributed by atoms with van der Waals surface area (Å²) in [5, 5.41) is 6.53. The van der Waals surface area contributed by atoms with Gasteiger partial charge in [0.05, 0.1) is 17.5 Å². The number of anilines is 2. The van der Waals surface area contributed by atoms with E-state index >= 15 is 0 Å². The Morgan fingerprint density at radius 2 is 2.04 bits per heavy atom. The van der Waals surface area contributed by atoms with Gasteiger partial charge < -0.3 is 14.8 Å². The van der Waals surface area contributed by atoms with Gasteiger partial charge in [-0.2, -0.15) is 0 Å². The molecule has 0 radical (unpaired) electrons. The van der Waals surface area contributed by atoms with Gasteiger partial charge in [0, 0.05) is 18.2 Å². The van der Waals surface area contributed by atoms with Crippen LogP contribution in [0.4, 0.5) is 16.2 Å². The number of nitrogens with one attached hydrogen (secondary N) is 2. The first-order chi connectivity index (χ1) is 12.3. The van der Waals surface area contributed by atoms with Gasteiger partial charge in [-0.1, -0.05) is 38.3 Å². The van der Waals surface area contributed by atoms with Crippen LogP contribution in [0.25, 0.3) is 0 Å². The van der Waals surface area contributed by atoms with Crippen LogP contribution in [0.2, 0.25) is 0 Å². The van der Waals surface area contributed by atoms with Crippen molar-refractivity contribution < 1.29 is 14.3 Å². The molecule has 2 rings (SSSR count). The predicted molar refractivity (Wildman–Crippen MR) is 107 cm³/mol. The van der Waals surface area contributed by atoms with Gasteiger partial charge in [0.15, 0.2) is 0 Å². The summed E-state index contributed by atoms with van der Waals surface area (Å²) in [7, 11) is 0. The Hall–Kier alpha value is -1.75. The topological polar surface area (TPSA) is 59.6 Å². The molecule has 0 spiro atoms. The molecule has 2 N–H and O–H groups in total. The average molecular weight is 363 g/mol. The molecule has 0 bridgehead atoms. The Balaban J connectivity index is 2.20. The fourth-order valence-electron chi connectivity index (χ4n) is 3.36. The van der Waals surface area contributed by atoms with E-state index in [2.05, 4.69) is 23.6 Å². The van der Waals surface area contributed by atoms with Crippen molar-refractivity contribution in [1.29, 1.82) is 0 Å². The van der Waals surface area contributed by atoms with E-state index in [1.54, 1.807) is 0 Å². The maximum absolute atomic E-state index is 12.2. The monoisotopic (exact) mass is 362 g/mol. The van der Waals surface area contributed by atoms with Crippen LogP contribution in [0.15, 0.2) is 18.2 Å². The molecule has 1 heterocycles. The highest BCUT2D eigenvalue weighted by atomic mass is 16.6. The lowest BCUT2D eigenvalue weighted by Gasteiger charge is -2.34. The van der Waals surface area contributed by atoms with Crippen LogP contribution in [0.5, 0.6) is 0 Å². The molecule has 1 aliphatic rings. The van der Waals surface area contributed by atoms with Crippen molar-refractivity contribution in [3.63, 3.8) is 0 Å². The van der Waals surface area contributed by atoms with Crippen LogP contribution in [-0.2, 0) is 9.47 Å². The van der Waals surface area contributed by atoms with E-state index in [0.717, 1.165) is 29.8 Å². The zero-order valence-electron chi connectivity index (χ0n) is 16.9. The number of hydrogen-bond donors (Lipinski definition) is 2. The van der Waals surface area contributed by atoms with Crippen molar-refractivity contribution in [2.45, 2.75) is 84.5 Å². The summed E-state index contributed by atoms with van der Waals surface area (Å²) in [6.45, 7) is 10.5. The minimum atomic E-state index is -0.525. The highest BCUT2D eigenvalue weighted by molar-refractivity contribution is 5.91. The number of fused-ring (bicyclic) bond motifs is 1. The number of hydrogen-bond acceptors (Lipinski definition) is 4. The Morgan fingerprint density at radius 3 is 2.69 bits per heavy atom. The summed E-state index contributed by atoms with van der Waals surface area (Å²) in [5.74, 6) is 0. The second-order valence-corrected chi connectivity index (χ2v) is 7.91. The van der Waals surface area contributed by atoms with Crippen molar-refractivity contribution in [2.24, 2.45) is 0 Å². The van der Waals surface area contributed by atoms with E-state index in [1.807, 2.05) is 39.8 Å². The molecule has 0 saturated carbocycles. The Labute approximate surface area is 157 Å². The minimum Gasteiger partial charge on any atom is -0.444 e. The van der Waals surface area contributed by atoms with Crippen LogP contribution >= 0.6 is 0 Å². The fraction of sp³-hybridized carbons (Fsp3) is 0.667. The highest BCUT2D eigenvalue weighted by Gasteiger charge is 2.29. The first-order valence-electron chi connectivity index (χ1n) is 9.85. The Kier molecular flexibility index (Phi) is 7.33. The number of unbranched alkanes of at least 4 members (excludes halogenated alkanes) is 2. The highest BCUT2D eigenvalue weighted by Crippen LogP contribution is 2.40. The third-order valence-electron chi connectivity index (χ3n) is 4.45. The van der Waals surface area contributed by atoms with Crippen LogP contribution in [0, 0.1) is 0 Å². The first kappa shape index (κ1) is 20.6. The molecule has 5 heteroatoms. The second kappa shape index (κ2) is 9.26. The summed E-state index contributed by atoms with van der Waals surface area (Å²) in [4.78, 5) is 12.2. The molecule has 5 nitrogen and oxygen atoms in total. The SMILES string of the molecule is CCCCCC1CC(OCC)c2cccc(NC(=O)OC(C)(C)C)c2N1. The van der Waals surface area contributed by atoms with Gasteiger partial charge in [-0.25, -0.2) is 4.79 Å². The average Bonchev–Trinajstić information content (AvgIpc) is 2.54. The summed E-state index contributed by atoms with van der Waals surface area (Å²) in [6, 6.07) is 6.29. The van der Waals surface area contributed by atoms with Crippen LogP contribution in [0.1, 0.15) is 78.4 Å². The zero-order chi connectivity index (χ0) is 19.2. The van der Waals surface area contributed by atoms with E-state index < -0.39 is 11.7 Å². The van der Waals surface area contributed by atoms with E-state index in [9.17, 15) is 4.79 Å². The summed E-state index contributed by atoms with van der Waals surface area (Å²) >= 11 is 0. The number of benzene rings is 1. The third-order valence-corrected chi connectivity index (χ3v) is 4.45. The largest absolute Gasteiger partial charge is 0.444 e. The van der Waals surface area contributed by atoms with Gasteiger partial charge in [0.2, 0.25) is 0 Å². The molecule has 1 aromatic rings. The molecule has 1 amide bonds. The van der Waals surface area contributed by atoms with Crippen molar-refractivity contribution in [3.05, 3.63) is 23.8 Å². The molecule has 2 unspecified atom stereocenters. The van der Waals surface area contributed by atoms with Gasteiger partial charge in [-0.15, -0.1) is 0 Å². The fourth-order valence-corrected chi connectivity index (χ4v) is 3.36. The Morgan fingerprint density at radius 1 is 1.27 bits per heavy atom. The number of para-hydroxylation sites is 1. The predicted octanol–water partition coefficient (Wildman–Crippen LogP) is 5.88. The van der Waals surface area contributed by atoms with Gasteiger partial charge >= 0.3 is 6.09 Å². The summed E-state index contributed by atoms with van der Waals surface area (Å²) in [5.41, 5.74) is 2.29. The lowest BCUT2D eigenvalue weighted by atomic mass is 9.91. The summed E-state index contributed by atoms with van der Waals surface area (Å²) in [6.07, 6.45) is 5.34. The molecule has 0 aliphatic carbocycles. The molecule has 0 fully saturated rings. The van der Waals surface area contributed by atoms with Crippen LogP contribution in [-0.4, -0.2) is 24.3 Å². The van der Waals surface area contributed by atoms with Crippen molar-refractivity contribution in [1.82, 2.24) is 0 Å². The van der Waals surface area contributed by atoms with E-state index in [4.69, 9.17) is 9.47 Å². The van der Waals surface area contributed by atoms with Gasteiger partial charge in [0.25, 0.3) is 0 Å². The molecule has 1 aliphatic heterocycles. The number of ether oxygens (including phenoxy) is 2. The molecule has 26 heavy (non-hydrogen) atoms. The maximum atomic E-state index is 12.2. The molecule has 0 saturated heterocycles. The lowest BCUT2D eigenvalue weighted by molar-refractivity contribution is 0.0492. The third kappa shape index (κ3) is 5.90. The molecule has 2 atom stereocenters. The maximum Gasteiger partial charge on any atom is 0.412 e. The first-order valence-corrected chi connectivity index (χ1v) is 9.85. The quantitative estimate of drug-likeness (QED) is 0.595. The van der Waals surface area contributed by atoms with Gasteiger partial charge in [-0.3, -0.25) is 5.32 Å². The molecule has 1 aromatic carbocycles. The molecule has 0 aromatic heterocycles. The number of rotatable bonds is 7. The molecular weight excluding hydrogens is 328 g/mol. The molecular formula is C21H34N2O3. The zero-order valence-corrected chi connectivity index (χ0v) is 16.9. The molecule has 146 valence electrons. The van der Waals surface area contributed by atoms with Gasteiger partial charge in [-0.05, 0) is 46.6 Å². The van der Waals surface area contributed by atoms with Gasteiger partial charge in [0.1, 0.15) is 5.60 Å². The minimum absolute atomic E-state index is 0.0586. The van der Waals surface area contributed by atoms with Crippen molar-refractivity contribution in [3.8, 4) is 0 Å². The van der Waals surface area contributed by atoms with E-state index in [-0.39, 0.29) is 6.10 Å². The summed E-state index contributed by atoms with van der Waals surface area (Å²) < 4.78 is 11.4. The number of amides is 1. The van der Waals surface area contributed by atoms with Crippen LogP contribution < -0.4 is 10.6 Å². The normalized spacial score (nSPS) is 19.4. The Bertz CT molecular complexity index is 595. The van der Waals surface area contributed by atoms with Crippen molar-refractivity contribution >= 4 is 17.5 Å². The second-order valence-electron chi connectivity index (χ2n) is 7.91. The van der Waals surface area contributed by atoms with Crippen molar-refractivity contribution in [2.75, 3.05) is 17.2 Å². The standard InChI is InChI=1S/C21H34N2O3/c1-6-8-9-11-15-14-18(25-7-2)16-12-10-13-17(19(16)22-15)23-20(24)26-21(3,4)5/h10,12-13,15,18,22H,6-9,11,14H2,1-5H3,(H,23,24). The van der Waals surface area contributed by atoms with Crippen LogP contribution in [0.3, 0.4) is 0 Å². The van der Waals surface area contributed by atoms with E-state index in [0.29, 0.717) is 12.6 Å². The smallest absolute Gasteiger partial charge is 0.412 e.